The van der Waals surface area contributed by atoms with E-state index in [0.29, 0.717) is 35.1 Å². The minimum atomic E-state index is -0.685. The van der Waals surface area contributed by atoms with Crippen LogP contribution in [0.5, 0.6) is 11.5 Å². The number of halogens is 1. The summed E-state index contributed by atoms with van der Waals surface area (Å²) in [5.41, 5.74) is 6.40. The molecular weight excluding hydrogens is 294 g/mol. The van der Waals surface area contributed by atoms with Gasteiger partial charge in [0.15, 0.2) is 17.6 Å². The Hall–Kier alpha value is -1.46. The highest BCUT2D eigenvalue weighted by molar-refractivity contribution is 6.30. The molecule has 6 heteroatoms. The molecule has 1 aromatic rings. The van der Waals surface area contributed by atoms with E-state index in [4.69, 9.17) is 31.5 Å². The number of methoxy groups -OCH3 is 1. The van der Waals surface area contributed by atoms with Crippen molar-refractivity contribution in [3.8, 4) is 11.5 Å². The monoisotopic (exact) mass is 315 g/mol. The number of rotatable bonds is 8. The SMILES string of the molecule is CCCC(Oc1c(CN)cc(Cl)cc1OC)C(=O)OCC. The van der Waals surface area contributed by atoms with Gasteiger partial charge in [0.1, 0.15) is 0 Å². The number of nitrogens with two attached hydrogens (primary N) is 1. The van der Waals surface area contributed by atoms with E-state index in [1.165, 1.54) is 7.11 Å². The summed E-state index contributed by atoms with van der Waals surface area (Å²) in [4.78, 5) is 12.0. The third kappa shape index (κ3) is 4.79. The van der Waals surface area contributed by atoms with Gasteiger partial charge in [-0.15, -0.1) is 0 Å². The second kappa shape index (κ2) is 8.74. The largest absolute Gasteiger partial charge is 0.493 e. The summed E-state index contributed by atoms with van der Waals surface area (Å²) in [5.74, 6) is 0.503. The van der Waals surface area contributed by atoms with Crippen molar-refractivity contribution >= 4 is 17.6 Å². The molecule has 0 bridgehead atoms. The number of carbonyl (C=O) groups is 1. The molecule has 0 saturated carbocycles. The van der Waals surface area contributed by atoms with Crippen LogP contribution in [0.25, 0.3) is 0 Å². The molecule has 21 heavy (non-hydrogen) atoms. The molecule has 0 aliphatic heterocycles. The lowest BCUT2D eigenvalue weighted by atomic mass is 10.1. The Morgan fingerprint density at radius 3 is 2.62 bits per heavy atom. The van der Waals surface area contributed by atoms with Crippen LogP contribution in [0, 0.1) is 0 Å². The quantitative estimate of drug-likeness (QED) is 0.747. The van der Waals surface area contributed by atoms with Crippen molar-refractivity contribution < 1.29 is 19.0 Å². The second-order valence-electron chi connectivity index (χ2n) is 4.45. The summed E-state index contributed by atoms with van der Waals surface area (Å²) < 4.78 is 16.1. The zero-order chi connectivity index (χ0) is 15.8. The number of carbonyl (C=O) groups excluding carboxylic acids is 1. The summed E-state index contributed by atoms with van der Waals surface area (Å²) in [5, 5.41) is 0.503. The van der Waals surface area contributed by atoms with Crippen LogP contribution in [0.3, 0.4) is 0 Å². The Morgan fingerprint density at radius 2 is 2.10 bits per heavy atom. The molecule has 2 N–H and O–H groups in total. The third-order valence-corrected chi connectivity index (χ3v) is 3.12. The number of benzene rings is 1. The van der Waals surface area contributed by atoms with Crippen LogP contribution in [0.1, 0.15) is 32.3 Å². The fraction of sp³-hybridized carbons (Fsp3) is 0.533. The minimum Gasteiger partial charge on any atom is -0.493 e. The minimum absolute atomic E-state index is 0.230. The van der Waals surface area contributed by atoms with Gasteiger partial charge in [0, 0.05) is 23.2 Å². The van der Waals surface area contributed by atoms with E-state index in [9.17, 15) is 4.79 Å². The van der Waals surface area contributed by atoms with Crippen molar-refractivity contribution in [1.29, 1.82) is 0 Å². The number of ether oxygens (including phenoxy) is 3. The lowest BCUT2D eigenvalue weighted by Crippen LogP contribution is -2.30. The Kier molecular flexibility index (Phi) is 7.32. The van der Waals surface area contributed by atoms with E-state index < -0.39 is 6.10 Å². The van der Waals surface area contributed by atoms with Gasteiger partial charge in [-0.05, 0) is 19.4 Å². The van der Waals surface area contributed by atoms with Crippen molar-refractivity contribution in [3.05, 3.63) is 22.7 Å². The zero-order valence-electron chi connectivity index (χ0n) is 12.6. The van der Waals surface area contributed by atoms with Crippen LogP contribution in [0.4, 0.5) is 0 Å². The summed E-state index contributed by atoms with van der Waals surface area (Å²) in [7, 11) is 1.51. The van der Waals surface area contributed by atoms with Gasteiger partial charge in [-0.1, -0.05) is 24.9 Å². The summed E-state index contributed by atoms with van der Waals surface area (Å²) >= 11 is 6.01. The van der Waals surface area contributed by atoms with E-state index in [-0.39, 0.29) is 12.5 Å². The molecule has 0 aromatic heterocycles. The van der Waals surface area contributed by atoms with E-state index in [2.05, 4.69) is 0 Å². The van der Waals surface area contributed by atoms with E-state index >= 15 is 0 Å². The highest BCUT2D eigenvalue weighted by atomic mass is 35.5. The maximum atomic E-state index is 12.0. The van der Waals surface area contributed by atoms with Gasteiger partial charge in [-0.25, -0.2) is 4.79 Å². The molecular formula is C15H22ClNO4. The fourth-order valence-electron chi connectivity index (χ4n) is 1.92. The standard InChI is InChI=1S/C15H22ClNO4/c1-4-6-12(15(18)20-5-2)21-14-10(9-17)7-11(16)8-13(14)19-3/h7-8,12H,4-6,9,17H2,1-3H3. The van der Waals surface area contributed by atoms with Crippen LogP contribution in [0.2, 0.25) is 5.02 Å². The van der Waals surface area contributed by atoms with Crippen LogP contribution >= 0.6 is 11.6 Å². The molecule has 0 aliphatic carbocycles. The maximum absolute atomic E-state index is 12.0. The molecule has 1 rings (SSSR count). The highest BCUT2D eigenvalue weighted by Gasteiger charge is 2.24. The van der Waals surface area contributed by atoms with Crippen LogP contribution in [-0.4, -0.2) is 25.8 Å². The highest BCUT2D eigenvalue weighted by Crippen LogP contribution is 2.35. The number of hydrogen-bond donors (Lipinski definition) is 1. The predicted octanol–water partition coefficient (Wildman–Crippen LogP) is 2.92. The van der Waals surface area contributed by atoms with Crippen LogP contribution in [0.15, 0.2) is 12.1 Å². The average molecular weight is 316 g/mol. The fourth-order valence-corrected chi connectivity index (χ4v) is 2.16. The van der Waals surface area contributed by atoms with Gasteiger partial charge < -0.3 is 19.9 Å². The van der Waals surface area contributed by atoms with Gasteiger partial charge in [0.05, 0.1) is 13.7 Å². The summed E-state index contributed by atoms with van der Waals surface area (Å²) in [6.07, 6.45) is 0.654. The first kappa shape index (κ1) is 17.6. The second-order valence-corrected chi connectivity index (χ2v) is 4.88. The first-order valence-corrected chi connectivity index (χ1v) is 7.34. The first-order chi connectivity index (χ1) is 10.1. The zero-order valence-corrected chi connectivity index (χ0v) is 13.4. The summed E-state index contributed by atoms with van der Waals surface area (Å²) in [6, 6.07) is 3.33. The Bertz CT molecular complexity index is 454. The normalized spacial score (nSPS) is 11.9. The van der Waals surface area contributed by atoms with Crippen molar-refractivity contribution in [2.24, 2.45) is 5.73 Å². The molecule has 0 radical (unpaired) electrons. The van der Waals surface area contributed by atoms with Gasteiger partial charge in [-0.3, -0.25) is 0 Å². The molecule has 1 aromatic carbocycles. The van der Waals surface area contributed by atoms with Gasteiger partial charge in [0.2, 0.25) is 0 Å². The van der Waals surface area contributed by atoms with Crippen LogP contribution in [-0.2, 0) is 16.1 Å². The maximum Gasteiger partial charge on any atom is 0.347 e. The topological polar surface area (TPSA) is 70.8 Å². The predicted molar refractivity (Wildman–Crippen MR) is 81.9 cm³/mol. The van der Waals surface area contributed by atoms with Gasteiger partial charge >= 0.3 is 5.97 Å². The molecule has 0 fully saturated rings. The van der Waals surface area contributed by atoms with Crippen molar-refractivity contribution in [1.82, 2.24) is 0 Å². The van der Waals surface area contributed by atoms with E-state index in [0.717, 1.165) is 6.42 Å². The van der Waals surface area contributed by atoms with Crippen molar-refractivity contribution in [2.75, 3.05) is 13.7 Å². The third-order valence-electron chi connectivity index (χ3n) is 2.90. The molecule has 0 heterocycles. The molecule has 0 amide bonds. The van der Waals surface area contributed by atoms with Crippen molar-refractivity contribution in [3.63, 3.8) is 0 Å². The first-order valence-electron chi connectivity index (χ1n) is 6.97. The average Bonchev–Trinajstić information content (AvgIpc) is 2.47. The Morgan fingerprint density at radius 1 is 1.38 bits per heavy atom. The molecule has 1 unspecified atom stereocenters. The molecule has 5 nitrogen and oxygen atoms in total. The molecule has 118 valence electrons. The summed E-state index contributed by atoms with van der Waals surface area (Å²) in [6.45, 7) is 4.27. The molecule has 0 aliphatic rings. The number of hydrogen-bond acceptors (Lipinski definition) is 5. The van der Waals surface area contributed by atoms with E-state index in [1.54, 1.807) is 19.1 Å². The molecule has 0 spiro atoms. The lowest BCUT2D eigenvalue weighted by Gasteiger charge is -2.21. The van der Waals surface area contributed by atoms with Crippen LogP contribution < -0.4 is 15.2 Å². The lowest BCUT2D eigenvalue weighted by molar-refractivity contribution is -0.151. The Balaban J connectivity index is 3.09. The number of esters is 1. The van der Waals surface area contributed by atoms with Gasteiger partial charge in [0.25, 0.3) is 0 Å². The molecule has 1 atom stereocenters. The van der Waals surface area contributed by atoms with Gasteiger partial charge in [-0.2, -0.15) is 0 Å². The van der Waals surface area contributed by atoms with E-state index in [1.807, 2.05) is 6.92 Å². The van der Waals surface area contributed by atoms with Crippen molar-refractivity contribution in [2.45, 2.75) is 39.3 Å². The molecule has 0 saturated heterocycles. The Labute approximate surface area is 130 Å². The smallest absolute Gasteiger partial charge is 0.347 e.